The summed E-state index contributed by atoms with van der Waals surface area (Å²) in [6.07, 6.45) is -7.57. The Balaban J connectivity index is 3.19. The van der Waals surface area contributed by atoms with Crippen LogP contribution in [0.4, 0.5) is 33.6 Å². The Morgan fingerprint density at radius 3 is 2.45 bits per heavy atom. The third-order valence-electron chi connectivity index (χ3n) is 2.27. The van der Waals surface area contributed by atoms with Crippen LogP contribution in [0.25, 0.3) is 0 Å². The first-order chi connectivity index (χ1) is 9.27. The van der Waals surface area contributed by atoms with Crippen molar-refractivity contribution in [1.29, 1.82) is 0 Å². The summed E-state index contributed by atoms with van der Waals surface area (Å²) in [7, 11) is 1.34. The summed E-state index contributed by atoms with van der Waals surface area (Å²) in [5, 5.41) is 11.2. The van der Waals surface area contributed by atoms with Crippen LogP contribution in [0.2, 0.25) is 0 Å². The molecule has 0 radical (unpaired) electrons. The van der Waals surface area contributed by atoms with E-state index in [0.29, 0.717) is 0 Å². The Morgan fingerprint density at radius 2 is 2.00 bits per heavy atom. The van der Waals surface area contributed by atoms with Crippen LogP contribution in [0.1, 0.15) is 5.82 Å². The molecule has 114 valence electrons. The number of anilines is 2. The molecule has 1 aromatic heterocycles. The normalized spacial score (nSPS) is 11.8. The second-order valence-corrected chi connectivity index (χ2v) is 3.74. The molecule has 0 saturated heterocycles. The number of nitrogens with one attached hydrogen (secondary N) is 1. The van der Waals surface area contributed by atoms with Crippen LogP contribution in [0.15, 0.2) is 6.07 Å². The molecule has 20 heavy (non-hydrogen) atoms. The monoisotopic (exact) mass is 300 g/mol. The van der Waals surface area contributed by atoms with E-state index in [1.807, 2.05) is 0 Å². The predicted molar refractivity (Wildman–Crippen MR) is 61.9 cm³/mol. The summed E-state index contributed by atoms with van der Waals surface area (Å²) in [6, 6.07) is 1.10. The summed E-state index contributed by atoms with van der Waals surface area (Å²) in [5.41, 5.74) is 0. The molecule has 1 rings (SSSR count). The van der Waals surface area contributed by atoms with Crippen molar-refractivity contribution in [3.63, 3.8) is 0 Å². The number of hydrogen-bond acceptors (Lipinski definition) is 5. The number of aliphatic hydroxyl groups excluding tert-OH is 1. The van der Waals surface area contributed by atoms with Crippen molar-refractivity contribution in [2.24, 2.45) is 0 Å². The average Bonchev–Trinajstić information content (AvgIpc) is 2.36. The van der Waals surface area contributed by atoms with Crippen LogP contribution >= 0.6 is 0 Å². The van der Waals surface area contributed by atoms with Gasteiger partial charge in [-0.15, -0.1) is 0 Å². The first kappa shape index (κ1) is 16.3. The number of nitrogens with zero attached hydrogens (tertiary/aromatic N) is 3. The minimum atomic E-state index is -4.79. The van der Waals surface area contributed by atoms with Gasteiger partial charge in [-0.1, -0.05) is 0 Å². The van der Waals surface area contributed by atoms with Crippen LogP contribution < -0.4 is 10.2 Å². The van der Waals surface area contributed by atoms with Gasteiger partial charge in [-0.3, -0.25) is 0 Å². The summed E-state index contributed by atoms with van der Waals surface area (Å²) < 4.78 is 62.7. The summed E-state index contributed by atoms with van der Waals surface area (Å²) >= 11 is 0. The van der Waals surface area contributed by atoms with E-state index in [2.05, 4.69) is 15.3 Å². The molecule has 0 aliphatic heterocycles. The van der Waals surface area contributed by atoms with Gasteiger partial charge in [-0.2, -0.15) is 13.2 Å². The van der Waals surface area contributed by atoms with Gasteiger partial charge in [0, 0.05) is 19.7 Å². The number of hydrogen-bond donors (Lipinski definition) is 2. The molecule has 0 aromatic carbocycles. The van der Waals surface area contributed by atoms with Gasteiger partial charge in [0.1, 0.15) is 11.6 Å². The lowest BCUT2D eigenvalue weighted by Crippen LogP contribution is -2.33. The first-order valence-electron chi connectivity index (χ1n) is 5.56. The maximum absolute atomic E-state index is 12.6. The van der Waals surface area contributed by atoms with E-state index in [1.54, 1.807) is 0 Å². The Kier molecular flexibility index (Phi) is 5.43. The predicted octanol–water partition coefficient (Wildman–Crippen LogP) is 1.60. The van der Waals surface area contributed by atoms with Gasteiger partial charge >= 0.3 is 6.18 Å². The molecular formula is C10H13F5N4O. The van der Waals surface area contributed by atoms with E-state index < -0.39 is 31.6 Å². The fourth-order valence-corrected chi connectivity index (χ4v) is 1.44. The second-order valence-electron chi connectivity index (χ2n) is 3.74. The molecule has 0 atom stereocenters. The van der Waals surface area contributed by atoms with Crippen LogP contribution in [0.3, 0.4) is 0 Å². The van der Waals surface area contributed by atoms with E-state index >= 15 is 0 Å². The van der Waals surface area contributed by atoms with E-state index in [1.165, 1.54) is 7.05 Å². The first-order valence-corrected chi connectivity index (χ1v) is 5.56. The molecule has 10 heteroatoms. The van der Waals surface area contributed by atoms with Gasteiger partial charge in [0.25, 0.3) is 6.43 Å². The number of halogens is 5. The van der Waals surface area contributed by atoms with Gasteiger partial charge in [-0.05, 0) is 0 Å². The lowest BCUT2D eigenvalue weighted by Gasteiger charge is -2.23. The zero-order chi connectivity index (χ0) is 15.3. The molecule has 1 aromatic rings. The average molecular weight is 300 g/mol. The van der Waals surface area contributed by atoms with Crippen molar-refractivity contribution in [3.8, 4) is 0 Å². The summed E-state index contributed by atoms with van der Waals surface area (Å²) in [6.45, 7) is -1.59. The molecule has 5 nitrogen and oxygen atoms in total. The highest BCUT2D eigenvalue weighted by Crippen LogP contribution is 2.29. The Morgan fingerprint density at radius 1 is 1.35 bits per heavy atom. The molecule has 0 fully saturated rings. The highest BCUT2D eigenvalue weighted by molar-refractivity contribution is 5.49. The Bertz CT molecular complexity index is 440. The van der Waals surface area contributed by atoms with Crippen LogP contribution in [0, 0.1) is 0 Å². The van der Waals surface area contributed by atoms with E-state index in [-0.39, 0.29) is 18.2 Å². The van der Waals surface area contributed by atoms with Crippen LogP contribution in [0.5, 0.6) is 0 Å². The summed E-state index contributed by atoms with van der Waals surface area (Å²) in [5.74, 6) is -1.91. The molecule has 0 bridgehead atoms. The second kappa shape index (κ2) is 6.64. The zero-order valence-electron chi connectivity index (χ0n) is 10.5. The van der Waals surface area contributed by atoms with E-state index in [4.69, 9.17) is 5.11 Å². The molecule has 0 saturated carbocycles. The maximum atomic E-state index is 12.6. The molecule has 1 heterocycles. The third kappa shape index (κ3) is 4.44. The minimum Gasteiger partial charge on any atom is -0.395 e. The van der Waals surface area contributed by atoms with Crippen molar-refractivity contribution in [1.82, 2.24) is 9.97 Å². The smallest absolute Gasteiger partial charge is 0.395 e. The van der Waals surface area contributed by atoms with Gasteiger partial charge in [-0.25, -0.2) is 18.7 Å². The van der Waals surface area contributed by atoms with Crippen molar-refractivity contribution < 1.29 is 27.1 Å². The van der Waals surface area contributed by atoms with Gasteiger partial charge in [0.15, 0.2) is 0 Å². The number of alkyl halides is 5. The van der Waals surface area contributed by atoms with Crippen molar-refractivity contribution in [2.75, 3.05) is 37.0 Å². The molecule has 0 spiro atoms. The molecule has 2 N–H and O–H groups in total. The highest BCUT2D eigenvalue weighted by Gasteiger charge is 2.36. The van der Waals surface area contributed by atoms with E-state index in [9.17, 15) is 22.0 Å². The van der Waals surface area contributed by atoms with E-state index in [0.717, 1.165) is 11.0 Å². The quantitative estimate of drug-likeness (QED) is 0.782. The van der Waals surface area contributed by atoms with Crippen molar-refractivity contribution >= 4 is 11.6 Å². The van der Waals surface area contributed by atoms with Crippen molar-refractivity contribution in [2.45, 2.75) is 12.6 Å². The highest BCUT2D eigenvalue weighted by atomic mass is 19.4. The standard InChI is InChI=1S/C10H13F5N4O/c1-16-7-4-8(18-9(17-7)10(13,14)15)19(2-3-20)5-6(11)12/h4,6,20H,2-3,5H2,1H3,(H,16,17,18). The van der Waals surface area contributed by atoms with Gasteiger partial charge < -0.3 is 15.3 Å². The largest absolute Gasteiger partial charge is 0.451 e. The third-order valence-corrected chi connectivity index (χ3v) is 2.27. The zero-order valence-corrected chi connectivity index (χ0v) is 10.5. The van der Waals surface area contributed by atoms with Gasteiger partial charge in [0.2, 0.25) is 5.82 Å². The molecule has 0 aliphatic carbocycles. The Hall–Kier alpha value is -1.71. The molecule has 0 aliphatic rings. The maximum Gasteiger partial charge on any atom is 0.451 e. The minimum absolute atomic E-state index is 0.153. The summed E-state index contributed by atoms with van der Waals surface area (Å²) in [4.78, 5) is 7.31. The van der Waals surface area contributed by atoms with Gasteiger partial charge in [0.05, 0.1) is 13.2 Å². The fraction of sp³-hybridized carbons (Fsp3) is 0.600. The molecule has 0 unspecified atom stereocenters. The Labute approximate surface area is 111 Å². The lowest BCUT2D eigenvalue weighted by atomic mass is 10.4. The SMILES string of the molecule is CNc1cc(N(CCO)CC(F)F)nc(C(F)(F)F)n1. The lowest BCUT2D eigenvalue weighted by molar-refractivity contribution is -0.144. The van der Waals surface area contributed by atoms with Crippen molar-refractivity contribution in [3.05, 3.63) is 11.9 Å². The topological polar surface area (TPSA) is 61.3 Å². The molecule has 0 amide bonds. The fourth-order valence-electron chi connectivity index (χ4n) is 1.44. The number of aromatic nitrogens is 2. The number of aliphatic hydroxyl groups is 1. The van der Waals surface area contributed by atoms with Crippen LogP contribution in [-0.2, 0) is 6.18 Å². The number of rotatable bonds is 6. The van der Waals surface area contributed by atoms with Crippen LogP contribution in [-0.4, -0.2) is 48.2 Å². The molecular weight excluding hydrogens is 287 g/mol.